The van der Waals surface area contributed by atoms with Gasteiger partial charge in [0.15, 0.2) is 0 Å². The van der Waals surface area contributed by atoms with Crippen LogP contribution in [-0.4, -0.2) is 23.1 Å². The Kier molecular flexibility index (Phi) is 7.08. The average Bonchev–Trinajstić information content (AvgIpc) is 2.68. The van der Waals surface area contributed by atoms with Crippen molar-refractivity contribution in [1.29, 1.82) is 0 Å². The highest BCUT2D eigenvalue weighted by Crippen LogP contribution is 2.18. The number of halogens is 1. The third kappa shape index (κ3) is 5.60. The lowest BCUT2D eigenvalue weighted by Crippen LogP contribution is -2.04. The zero-order valence-electron chi connectivity index (χ0n) is 14.8. The van der Waals surface area contributed by atoms with E-state index in [0.717, 1.165) is 53.5 Å². The molecule has 0 fully saturated rings. The van der Waals surface area contributed by atoms with Crippen LogP contribution in [0.1, 0.15) is 32.1 Å². The molecule has 0 saturated carbocycles. The highest BCUT2D eigenvalue weighted by molar-refractivity contribution is 6.30. The first-order valence-electron chi connectivity index (χ1n) is 9.15. The van der Waals surface area contributed by atoms with Crippen molar-refractivity contribution in [3.63, 3.8) is 0 Å². The zero-order chi connectivity index (χ0) is 18.0. The van der Waals surface area contributed by atoms with Crippen LogP contribution in [0.5, 0.6) is 5.75 Å². The first-order valence-corrected chi connectivity index (χ1v) is 9.53. The van der Waals surface area contributed by atoms with Gasteiger partial charge in [0.2, 0.25) is 0 Å². The number of nitrogens with one attached hydrogen (secondary N) is 1. The van der Waals surface area contributed by atoms with Crippen molar-refractivity contribution in [3.8, 4) is 5.75 Å². The molecule has 0 radical (unpaired) electrons. The predicted octanol–water partition coefficient (Wildman–Crippen LogP) is 5.72. The van der Waals surface area contributed by atoms with Crippen molar-refractivity contribution in [2.24, 2.45) is 0 Å². The van der Waals surface area contributed by atoms with E-state index in [1.54, 1.807) is 6.33 Å². The molecule has 136 valence electrons. The van der Waals surface area contributed by atoms with E-state index in [-0.39, 0.29) is 0 Å². The number of aromatic nitrogens is 2. The van der Waals surface area contributed by atoms with Gasteiger partial charge in [0.05, 0.1) is 12.1 Å². The summed E-state index contributed by atoms with van der Waals surface area (Å²) < 4.78 is 5.70. The summed E-state index contributed by atoms with van der Waals surface area (Å²) in [6.07, 6.45) is 7.44. The molecule has 4 nitrogen and oxygen atoms in total. The fourth-order valence-corrected chi connectivity index (χ4v) is 2.96. The minimum Gasteiger partial charge on any atom is -0.494 e. The Bertz CT molecular complexity index is 802. The molecular weight excluding hydrogens is 346 g/mol. The summed E-state index contributed by atoms with van der Waals surface area (Å²) in [5.41, 5.74) is 0.977. The van der Waals surface area contributed by atoms with E-state index in [1.165, 1.54) is 19.3 Å². The molecule has 3 aromatic rings. The van der Waals surface area contributed by atoms with E-state index in [4.69, 9.17) is 16.3 Å². The maximum Gasteiger partial charge on any atom is 0.137 e. The number of anilines is 1. The van der Waals surface area contributed by atoms with Crippen LogP contribution in [-0.2, 0) is 0 Å². The lowest BCUT2D eigenvalue weighted by atomic mass is 10.1. The van der Waals surface area contributed by atoms with Crippen LogP contribution in [0.25, 0.3) is 10.9 Å². The van der Waals surface area contributed by atoms with Crippen LogP contribution in [0, 0.1) is 0 Å². The first-order chi connectivity index (χ1) is 12.8. The molecule has 26 heavy (non-hydrogen) atoms. The highest BCUT2D eigenvalue weighted by Gasteiger charge is 2.01. The zero-order valence-corrected chi connectivity index (χ0v) is 15.6. The van der Waals surface area contributed by atoms with E-state index in [0.29, 0.717) is 0 Å². The average molecular weight is 370 g/mol. The summed E-state index contributed by atoms with van der Waals surface area (Å²) in [5.74, 6) is 1.81. The number of ether oxygens (including phenoxy) is 1. The van der Waals surface area contributed by atoms with Crippen molar-refractivity contribution in [2.75, 3.05) is 18.5 Å². The van der Waals surface area contributed by atoms with Gasteiger partial charge in [0.25, 0.3) is 0 Å². The topological polar surface area (TPSA) is 47.0 Å². The molecule has 0 bridgehead atoms. The van der Waals surface area contributed by atoms with Gasteiger partial charge in [-0.25, -0.2) is 9.97 Å². The molecule has 0 spiro atoms. The van der Waals surface area contributed by atoms with Crippen LogP contribution in [0.4, 0.5) is 5.82 Å². The minimum absolute atomic E-state index is 0.737. The highest BCUT2D eigenvalue weighted by atomic mass is 35.5. The monoisotopic (exact) mass is 369 g/mol. The molecule has 0 unspecified atom stereocenters. The second-order valence-corrected chi connectivity index (χ2v) is 6.67. The first kappa shape index (κ1) is 18.5. The molecule has 0 saturated heterocycles. The molecule has 2 aromatic carbocycles. The Morgan fingerprint density at radius 3 is 2.50 bits per heavy atom. The van der Waals surface area contributed by atoms with Gasteiger partial charge in [-0.05, 0) is 49.2 Å². The van der Waals surface area contributed by atoms with Crippen molar-refractivity contribution in [2.45, 2.75) is 32.1 Å². The second-order valence-electron chi connectivity index (χ2n) is 6.24. The number of para-hydroxylation sites is 1. The summed E-state index contributed by atoms with van der Waals surface area (Å²) in [4.78, 5) is 8.64. The molecule has 0 amide bonds. The third-order valence-electron chi connectivity index (χ3n) is 4.24. The molecule has 0 aliphatic heterocycles. The van der Waals surface area contributed by atoms with Crippen LogP contribution < -0.4 is 10.1 Å². The number of hydrogen-bond acceptors (Lipinski definition) is 4. The maximum atomic E-state index is 5.86. The number of fused-ring (bicyclic) bond motifs is 1. The Labute approximate surface area is 159 Å². The molecule has 0 aliphatic rings. The van der Waals surface area contributed by atoms with Crippen molar-refractivity contribution in [3.05, 3.63) is 59.9 Å². The number of hydrogen-bond donors (Lipinski definition) is 1. The summed E-state index contributed by atoms with van der Waals surface area (Å²) >= 11 is 5.86. The van der Waals surface area contributed by atoms with Crippen LogP contribution >= 0.6 is 11.6 Å². The Balaban J connectivity index is 1.26. The fourth-order valence-electron chi connectivity index (χ4n) is 2.83. The molecule has 0 aliphatic carbocycles. The number of nitrogens with zero attached hydrogens (tertiary/aromatic N) is 2. The quantitative estimate of drug-likeness (QED) is 0.464. The lowest BCUT2D eigenvalue weighted by molar-refractivity contribution is 0.304. The Hall–Kier alpha value is -2.33. The van der Waals surface area contributed by atoms with Crippen molar-refractivity contribution < 1.29 is 4.74 Å². The van der Waals surface area contributed by atoms with Crippen LogP contribution in [0.3, 0.4) is 0 Å². The summed E-state index contributed by atoms with van der Waals surface area (Å²) in [7, 11) is 0. The van der Waals surface area contributed by atoms with Crippen LogP contribution in [0.15, 0.2) is 54.9 Å². The Morgan fingerprint density at radius 2 is 1.62 bits per heavy atom. The van der Waals surface area contributed by atoms with Gasteiger partial charge in [0, 0.05) is 17.0 Å². The SMILES string of the molecule is Clc1ccc(OCCCCCCCNc2ncnc3ccccc23)cc1. The van der Waals surface area contributed by atoms with E-state index in [2.05, 4.69) is 21.4 Å². The lowest BCUT2D eigenvalue weighted by Gasteiger charge is -2.08. The van der Waals surface area contributed by atoms with E-state index < -0.39 is 0 Å². The fraction of sp³-hybridized carbons (Fsp3) is 0.333. The number of unbranched alkanes of at least 4 members (excludes halogenated alkanes) is 4. The normalized spacial score (nSPS) is 10.8. The second kappa shape index (κ2) is 9.97. The summed E-state index contributed by atoms with van der Waals surface area (Å²) in [5, 5.41) is 5.24. The third-order valence-corrected chi connectivity index (χ3v) is 4.49. The van der Waals surface area contributed by atoms with Crippen LogP contribution in [0.2, 0.25) is 5.02 Å². The van der Waals surface area contributed by atoms with E-state index in [1.807, 2.05) is 42.5 Å². The Morgan fingerprint density at radius 1 is 0.846 bits per heavy atom. The number of benzene rings is 2. The maximum absolute atomic E-state index is 5.86. The van der Waals surface area contributed by atoms with E-state index >= 15 is 0 Å². The minimum atomic E-state index is 0.737. The molecule has 5 heteroatoms. The standard InChI is InChI=1S/C21H24ClN3O/c22-17-10-12-18(13-11-17)26-15-7-3-1-2-6-14-23-21-19-8-4-5-9-20(19)24-16-25-21/h4-5,8-13,16H,1-3,6-7,14-15H2,(H,23,24,25). The van der Waals surface area contributed by atoms with Crippen molar-refractivity contribution >= 4 is 28.3 Å². The number of rotatable bonds is 10. The summed E-state index contributed by atoms with van der Waals surface area (Å²) in [6.45, 7) is 1.69. The van der Waals surface area contributed by atoms with Gasteiger partial charge < -0.3 is 10.1 Å². The molecule has 1 N–H and O–H groups in total. The van der Waals surface area contributed by atoms with Gasteiger partial charge in [0.1, 0.15) is 17.9 Å². The largest absolute Gasteiger partial charge is 0.494 e. The van der Waals surface area contributed by atoms with Gasteiger partial charge >= 0.3 is 0 Å². The molecule has 1 aromatic heterocycles. The molecule has 3 rings (SSSR count). The van der Waals surface area contributed by atoms with Gasteiger partial charge in [-0.2, -0.15) is 0 Å². The molecule has 0 atom stereocenters. The predicted molar refractivity (Wildman–Crippen MR) is 108 cm³/mol. The molecular formula is C21H24ClN3O. The van der Waals surface area contributed by atoms with Gasteiger partial charge in [-0.1, -0.05) is 43.0 Å². The van der Waals surface area contributed by atoms with E-state index in [9.17, 15) is 0 Å². The van der Waals surface area contributed by atoms with Gasteiger partial charge in [-0.3, -0.25) is 0 Å². The molecule has 1 heterocycles. The van der Waals surface area contributed by atoms with Gasteiger partial charge in [-0.15, -0.1) is 0 Å². The summed E-state index contributed by atoms with van der Waals surface area (Å²) in [6, 6.07) is 15.6. The smallest absolute Gasteiger partial charge is 0.137 e. The van der Waals surface area contributed by atoms with Crippen molar-refractivity contribution in [1.82, 2.24) is 9.97 Å².